The zero-order valence-corrected chi connectivity index (χ0v) is 14.7. The van der Waals surface area contributed by atoms with Gasteiger partial charge in [0.1, 0.15) is 11.6 Å². The molecule has 0 saturated heterocycles. The van der Waals surface area contributed by atoms with Crippen LogP contribution in [0.5, 0.6) is 5.75 Å². The summed E-state index contributed by atoms with van der Waals surface area (Å²) >= 11 is 1.78. The maximum absolute atomic E-state index is 13.4. The number of hydrogen-bond acceptors (Lipinski definition) is 3. The van der Waals surface area contributed by atoms with Crippen molar-refractivity contribution in [2.75, 3.05) is 6.61 Å². The number of ether oxygens (including phenoxy) is 1. The Bertz CT molecular complexity index is 999. The zero-order chi connectivity index (χ0) is 17.5. The van der Waals surface area contributed by atoms with E-state index in [1.807, 2.05) is 42.5 Å². The van der Waals surface area contributed by atoms with Gasteiger partial charge < -0.3 is 4.74 Å². The molecule has 0 spiro atoms. The van der Waals surface area contributed by atoms with E-state index in [2.05, 4.69) is 18.2 Å². The van der Waals surface area contributed by atoms with Crippen LogP contribution in [0.15, 0.2) is 82.7 Å². The van der Waals surface area contributed by atoms with E-state index in [-0.39, 0.29) is 17.0 Å². The lowest BCUT2D eigenvalue weighted by molar-refractivity contribution is 0.271. The standard InChI is InChI=1S/C22H16FNOS/c23-15-11-9-14(10-12-15)22-17-13-25-19-7-3-1-5-16(19)21(17)24-18-6-2-4-8-20(18)26-22/h1-12,17,22H,13H2/t17-,22-/m1/s1. The first-order valence-electron chi connectivity index (χ1n) is 8.61. The number of hydrogen-bond donors (Lipinski definition) is 0. The molecule has 2 atom stereocenters. The SMILES string of the molecule is Fc1ccc([C@H]2Sc3ccccc3N=C3c4ccccc4OC[C@H]32)cc1. The molecule has 2 heterocycles. The summed E-state index contributed by atoms with van der Waals surface area (Å²) < 4.78 is 19.5. The van der Waals surface area contributed by atoms with Crippen LogP contribution in [-0.2, 0) is 0 Å². The van der Waals surface area contributed by atoms with Crippen LogP contribution in [0.1, 0.15) is 16.4 Å². The number of rotatable bonds is 1. The van der Waals surface area contributed by atoms with E-state index in [1.165, 1.54) is 12.1 Å². The zero-order valence-electron chi connectivity index (χ0n) is 13.9. The summed E-state index contributed by atoms with van der Waals surface area (Å²) in [6.07, 6.45) is 0. The van der Waals surface area contributed by atoms with Crippen LogP contribution in [0, 0.1) is 11.7 Å². The summed E-state index contributed by atoms with van der Waals surface area (Å²) in [6, 6.07) is 23.1. The Morgan fingerprint density at radius 2 is 1.69 bits per heavy atom. The number of fused-ring (bicyclic) bond motifs is 4. The molecular formula is C22H16FNOS. The minimum absolute atomic E-state index is 0.104. The topological polar surface area (TPSA) is 21.6 Å². The second kappa shape index (κ2) is 6.29. The highest BCUT2D eigenvalue weighted by Crippen LogP contribution is 2.50. The molecule has 5 rings (SSSR count). The summed E-state index contributed by atoms with van der Waals surface area (Å²) in [5.74, 6) is 0.768. The molecule has 2 aliphatic heterocycles. The third-order valence-electron chi connectivity index (χ3n) is 4.86. The molecule has 0 fully saturated rings. The molecule has 0 amide bonds. The lowest BCUT2D eigenvalue weighted by Crippen LogP contribution is -2.31. The predicted octanol–water partition coefficient (Wildman–Crippen LogP) is 5.80. The normalized spacial score (nSPS) is 20.7. The highest BCUT2D eigenvalue weighted by atomic mass is 32.2. The van der Waals surface area contributed by atoms with E-state index in [0.29, 0.717) is 6.61 Å². The van der Waals surface area contributed by atoms with Gasteiger partial charge in [-0.3, -0.25) is 4.99 Å². The lowest BCUT2D eigenvalue weighted by Gasteiger charge is -2.31. The van der Waals surface area contributed by atoms with E-state index in [0.717, 1.165) is 33.2 Å². The Balaban J connectivity index is 1.70. The largest absolute Gasteiger partial charge is 0.492 e. The number of nitrogens with zero attached hydrogens (tertiary/aromatic N) is 1. The highest BCUT2D eigenvalue weighted by molar-refractivity contribution is 7.99. The van der Waals surface area contributed by atoms with E-state index < -0.39 is 0 Å². The van der Waals surface area contributed by atoms with Crippen molar-refractivity contribution in [2.24, 2.45) is 10.9 Å². The Morgan fingerprint density at radius 1 is 0.923 bits per heavy atom. The molecule has 0 aliphatic carbocycles. The number of halogens is 1. The van der Waals surface area contributed by atoms with Crippen molar-refractivity contribution in [2.45, 2.75) is 10.1 Å². The summed E-state index contributed by atoms with van der Waals surface area (Å²) in [5.41, 5.74) is 4.18. The predicted molar refractivity (Wildman–Crippen MR) is 103 cm³/mol. The smallest absolute Gasteiger partial charge is 0.128 e. The highest BCUT2D eigenvalue weighted by Gasteiger charge is 2.37. The van der Waals surface area contributed by atoms with E-state index in [1.54, 1.807) is 11.8 Å². The van der Waals surface area contributed by atoms with Gasteiger partial charge in [0.2, 0.25) is 0 Å². The van der Waals surface area contributed by atoms with E-state index >= 15 is 0 Å². The molecule has 3 aromatic carbocycles. The van der Waals surface area contributed by atoms with Crippen molar-refractivity contribution >= 4 is 23.2 Å². The van der Waals surface area contributed by atoms with Gasteiger partial charge in [0.25, 0.3) is 0 Å². The van der Waals surface area contributed by atoms with Gasteiger partial charge in [-0.2, -0.15) is 0 Å². The minimum Gasteiger partial charge on any atom is -0.492 e. The van der Waals surface area contributed by atoms with Gasteiger partial charge in [0, 0.05) is 15.7 Å². The third kappa shape index (κ3) is 2.61. The Labute approximate surface area is 155 Å². The van der Waals surface area contributed by atoms with Crippen LogP contribution in [-0.4, -0.2) is 12.3 Å². The molecule has 2 nitrogen and oxygen atoms in total. The van der Waals surface area contributed by atoms with Crippen molar-refractivity contribution in [3.05, 3.63) is 89.7 Å². The van der Waals surface area contributed by atoms with Crippen molar-refractivity contribution in [3.8, 4) is 5.75 Å². The fourth-order valence-corrected chi connectivity index (χ4v) is 4.92. The number of para-hydroxylation sites is 2. The minimum atomic E-state index is -0.216. The average Bonchev–Trinajstić information content (AvgIpc) is 2.85. The van der Waals surface area contributed by atoms with Crippen LogP contribution in [0.3, 0.4) is 0 Å². The summed E-state index contributed by atoms with van der Waals surface area (Å²) in [5, 5.41) is 0.117. The second-order valence-electron chi connectivity index (χ2n) is 6.47. The lowest BCUT2D eigenvalue weighted by atomic mass is 9.88. The van der Waals surface area contributed by atoms with Crippen molar-refractivity contribution in [3.63, 3.8) is 0 Å². The maximum atomic E-state index is 13.4. The van der Waals surface area contributed by atoms with Gasteiger partial charge in [-0.15, -0.1) is 11.8 Å². The van der Waals surface area contributed by atoms with Gasteiger partial charge in [-0.1, -0.05) is 36.4 Å². The summed E-state index contributed by atoms with van der Waals surface area (Å²) in [6.45, 7) is 0.568. The van der Waals surface area contributed by atoms with E-state index in [4.69, 9.17) is 9.73 Å². The molecule has 0 unspecified atom stereocenters. The van der Waals surface area contributed by atoms with Crippen molar-refractivity contribution in [1.29, 1.82) is 0 Å². The van der Waals surface area contributed by atoms with Gasteiger partial charge in [0.15, 0.2) is 0 Å². The van der Waals surface area contributed by atoms with Crippen LogP contribution in [0.2, 0.25) is 0 Å². The average molecular weight is 361 g/mol. The number of benzene rings is 3. The molecule has 4 heteroatoms. The van der Waals surface area contributed by atoms with Gasteiger partial charge in [-0.25, -0.2) is 4.39 Å². The Hall–Kier alpha value is -2.59. The summed E-state index contributed by atoms with van der Waals surface area (Å²) in [4.78, 5) is 6.18. The molecule has 26 heavy (non-hydrogen) atoms. The fourth-order valence-electron chi connectivity index (χ4n) is 3.59. The Kier molecular flexibility index (Phi) is 3.79. The molecule has 0 bridgehead atoms. The van der Waals surface area contributed by atoms with Crippen LogP contribution in [0.4, 0.5) is 10.1 Å². The molecule has 3 aromatic rings. The second-order valence-corrected chi connectivity index (χ2v) is 7.65. The van der Waals surface area contributed by atoms with Crippen LogP contribution >= 0.6 is 11.8 Å². The monoisotopic (exact) mass is 361 g/mol. The van der Waals surface area contributed by atoms with Crippen molar-refractivity contribution in [1.82, 2.24) is 0 Å². The molecular weight excluding hydrogens is 345 g/mol. The number of aliphatic imine (C=N–C) groups is 1. The van der Waals surface area contributed by atoms with Crippen LogP contribution in [0.25, 0.3) is 0 Å². The number of thioether (sulfide) groups is 1. The molecule has 0 radical (unpaired) electrons. The Morgan fingerprint density at radius 3 is 2.58 bits per heavy atom. The molecule has 0 aromatic heterocycles. The molecule has 2 aliphatic rings. The van der Waals surface area contributed by atoms with Gasteiger partial charge >= 0.3 is 0 Å². The first-order chi connectivity index (χ1) is 12.8. The van der Waals surface area contributed by atoms with Gasteiger partial charge in [0.05, 0.1) is 23.9 Å². The quantitative estimate of drug-likeness (QED) is 0.546. The first-order valence-corrected chi connectivity index (χ1v) is 9.49. The first kappa shape index (κ1) is 15.6. The summed E-state index contributed by atoms with van der Waals surface area (Å²) in [7, 11) is 0. The van der Waals surface area contributed by atoms with E-state index in [9.17, 15) is 4.39 Å². The molecule has 0 N–H and O–H groups in total. The molecule has 128 valence electrons. The maximum Gasteiger partial charge on any atom is 0.128 e. The third-order valence-corrected chi connectivity index (χ3v) is 6.31. The molecule has 0 saturated carbocycles. The van der Waals surface area contributed by atoms with Crippen LogP contribution < -0.4 is 4.74 Å². The van der Waals surface area contributed by atoms with Gasteiger partial charge in [-0.05, 0) is 42.0 Å². The fraction of sp³-hybridized carbons (Fsp3) is 0.136. The van der Waals surface area contributed by atoms with Crippen molar-refractivity contribution < 1.29 is 9.13 Å².